The number of rotatable bonds is 2. The van der Waals surface area contributed by atoms with Gasteiger partial charge in [0.25, 0.3) is 0 Å². The van der Waals surface area contributed by atoms with Gasteiger partial charge in [-0.25, -0.2) is 4.98 Å². The number of aromatic nitrogens is 2. The van der Waals surface area contributed by atoms with E-state index in [9.17, 15) is 4.79 Å². The zero-order valence-corrected chi connectivity index (χ0v) is 10.5. The summed E-state index contributed by atoms with van der Waals surface area (Å²) >= 11 is 1.49. The van der Waals surface area contributed by atoms with E-state index in [2.05, 4.69) is 15.3 Å². The lowest BCUT2D eigenvalue weighted by molar-refractivity contribution is 1.31. The number of thiazole rings is 1. The zero-order chi connectivity index (χ0) is 12.5. The van der Waals surface area contributed by atoms with Gasteiger partial charge in [0.15, 0.2) is 0 Å². The predicted octanol–water partition coefficient (Wildman–Crippen LogP) is 2.69. The number of nitrogens with zero attached hydrogens (tertiary/aromatic N) is 1. The highest BCUT2D eigenvalue weighted by Gasteiger charge is 2.06. The van der Waals surface area contributed by atoms with E-state index < -0.39 is 0 Å². The molecule has 0 aliphatic carbocycles. The number of H-pyrrole nitrogens is 1. The Balaban J connectivity index is 2.10. The smallest absolute Gasteiger partial charge is 0.249 e. The van der Waals surface area contributed by atoms with E-state index in [1.54, 1.807) is 6.07 Å². The van der Waals surface area contributed by atoms with E-state index >= 15 is 0 Å². The molecule has 4 nitrogen and oxygen atoms in total. The molecule has 0 amide bonds. The second-order valence-corrected chi connectivity index (χ2v) is 4.88. The Bertz CT molecular complexity index is 743. The number of aromatic amines is 1. The Morgan fingerprint density at radius 3 is 2.67 bits per heavy atom. The van der Waals surface area contributed by atoms with E-state index in [1.165, 1.54) is 17.4 Å². The Kier molecular flexibility index (Phi) is 2.60. The molecule has 1 aromatic carbocycles. The first kappa shape index (κ1) is 11.0. The molecular formula is C13H11N3OS. The first-order valence-corrected chi connectivity index (χ1v) is 6.36. The maximum atomic E-state index is 11.2. The summed E-state index contributed by atoms with van der Waals surface area (Å²) in [5.41, 5.74) is 2.85. The number of benzene rings is 1. The molecule has 0 unspecified atom stereocenters. The number of hydrogen-bond donors (Lipinski definition) is 2. The molecule has 5 heteroatoms. The highest BCUT2D eigenvalue weighted by molar-refractivity contribution is 7.21. The minimum atomic E-state index is -0.0942. The standard InChI is InChI=1S/C13H11N3OS/c1-14-9-4-2-8(3-5-9)12-15-10-6-7-11(17)16-13(10)18-12/h2-7,14H,1H3,(H,16,17). The van der Waals surface area contributed by atoms with Crippen LogP contribution in [0.1, 0.15) is 0 Å². The van der Waals surface area contributed by atoms with Crippen LogP contribution in [0.3, 0.4) is 0 Å². The van der Waals surface area contributed by atoms with Gasteiger partial charge in [-0.3, -0.25) is 4.79 Å². The summed E-state index contributed by atoms with van der Waals surface area (Å²) in [6, 6.07) is 11.3. The predicted molar refractivity (Wildman–Crippen MR) is 75.2 cm³/mol. The lowest BCUT2D eigenvalue weighted by Gasteiger charge is -2.00. The summed E-state index contributed by atoms with van der Waals surface area (Å²) in [6.07, 6.45) is 0. The van der Waals surface area contributed by atoms with E-state index in [0.29, 0.717) is 0 Å². The van der Waals surface area contributed by atoms with Crippen LogP contribution in [0.25, 0.3) is 20.9 Å². The van der Waals surface area contributed by atoms with Crippen LogP contribution in [0.4, 0.5) is 5.69 Å². The monoisotopic (exact) mass is 257 g/mol. The third-order valence-electron chi connectivity index (χ3n) is 2.70. The van der Waals surface area contributed by atoms with Crippen LogP contribution >= 0.6 is 11.3 Å². The third-order valence-corrected chi connectivity index (χ3v) is 3.74. The van der Waals surface area contributed by atoms with Gasteiger partial charge in [-0.2, -0.15) is 0 Å². The summed E-state index contributed by atoms with van der Waals surface area (Å²) in [7, 11) is 1.89. The molecule has 2 N–H and O–H groups in total. The zero-order valence-electron chi connectivity index (χ0n) is 9.73. The maximum absolute atomic E-state index is 11.2. The van der Waals surface area contributed by atoms with Crippen molar-refractivity contribution in [1.82, 2.24) is 9.97 Å². The van der Waals surface area contributed by atoms with E-state index in [-0.39, 0.29) is 5.56 Å². The molecule has 0 fully saturated rings. The normalized spacial score (nSPS) is 10.7. The highest BCUT2D eigenvalue weighted by atomic mass is 32.1. The van der Waals surface area contributed by atoms with Crippen molar-refractivity contribution < 1.29 is 0 Å². The van der Waals surface area contributed by atoms with Gasteiger partial charge in [0.2, 0.25) is 5.56 Å². The SMILES string of the molecule is CNc1ccc(-c2nc3ccc(=O)[nH]c3s2)cc1. The van der Waals surface area contributed by atoms with Crippen molar-refractivity contribution in [1.29, 1.82) is 0 Å². The summed E-state index contributed by atoms with van der Waals surface area (Å²) in [5, 5.41) is 3.99. The molecule has 2 aromatic heterocycles. The molecule has 0 bridgehead atoms. The molecule has 0 aliphatic heterocycles. The Hall–Kier alpha value is -2.14. The Morgan fingerprint density at radius 1 is 1.17 bits per heavy atom. The van der Waals surface area contributed by atoms with Crippen molar-refractivity contribution in [2.45, 2.75) is 0 Å². The number of fused-ring (bicyclic) bond motifs is 1. The van der Waals surface area contributed by atoms with Crippen molar-refractivity contribution in [2.75, 3.05) is 12.4 Å². The molecule has 0 spiro atoms. The van der Waals surface area contributed by atoms with Crippen molar-refractivity contribution in [2.24, 2.45) is 0 Å². The molecule has 3 aromatic rings. The van der Waals surface area contributed by atoms with E-state index in [0.717, 1.165) is 26.6 Å². The average Bonchev–Trinajstić information content (AvgIpc) is 2.81. The second-order valence-electron chi connectivity index (χ2n) is 3.88. The molecule has 0 atom stereocenters. The quantitative estimate of drug-likeness (QED) is 0.742. The fourth-order valence-corrected chi connectivity index (χ4v) is 2.71. The van der Waals surface area contributed by atoms with Gasteiger partial charge in [-0.1, -0.05) is 11.3 Å². The van der Waals surface area contributed by atoms with Crippen molar-refractivity contribution in [3.63, 3.8) is 0 Å². The number of hydrogen-bond acceptors (Lipinski definition) is 4. The van der Waals surface area contributed by atoms with Crippen LogP contribution in [0.2, 0.25) is 0 Å². The Morgan fingerprint density at radius 2 is 1.94 bits per heavy atom. The second kappa shape index (κ2) is 4.27. The molecule has 0 saturated carbocycles. The third kappa shape index (κ3) is 1.89. The minimum Gasteiger partial charge on any atom is -0.388 e. The van der Waals surface area contributed by atoms with Gasteiger partial charge in [0, 0.05) is 24.4 Å². The van der Waals surface area contributed by atoms with Gasteiger partial charge in [0.05, 0.1) is 5.52 Å². The molecule has 0 radical (unpaired) electrons. The van der Waals surface area contributed by atoms with Gasteiger partial charge in [-0.15, -0.1) is 0 Å². The average molecular weight is 257 g/mol. The van der Waals surface area contributed by atoms with Crippen LogP contribution in [0, 0.1) is 0 Å². The lowest BCUT2D eigenvalue weighted by atomic mass is 10.2. The minimum absolute atomic E-state index is 0.0942. The summed E-state index contributed by atoms with van der Waals surface area (Å²) in [4.78, 5) is 19.3. The van der Waals surface area contributed by atoms with Gasteiger partial charge >= 0.3 is 0 Å². The first-order chi connectivity index (χ1) is 8.76. The van der Waals surface area contributed by atoms with Crippen LogP contribution in [0.15, 0.2) is 41.2 Å². The summed E-state index contributed by atoms with van der Waals surface area (Å²) in [5.74, 6) is 0. The van der Waals surface area contributed by atoms with Gasteiger partial charge in [0.1, 0.15) is 9.84 Å². The molecule has 18 heavy (non-hydrogen) atoms. The highest BCUT2D eigenvalue weighted by Crippen LogP contribution is 2.28. The maximum Gasteiger partial charge on any atom is 0.249 e. The largest absolute Gasteiger partial charge is 0.388 e. The molecule has 0 aliphatic rings. The molecular weight excluding hydrogens is 246 g/mol. The Labute approximate surface area is 107 Å². The van der Waals surface area contributed by atoms with Gasteiger partial charge < -0.3 is 10.3 Å². The van der Waals surface area contributed by atoms with Gasteiger partial charge in [-0.05, 0) is 30.3 Å². The van der Waals surface area contributed by atoms with Crippen molar-refractivity contribution in [3.8, 4) is 10.6 Å². The fourth-order valence-electron chi connectivity index (χ4n) is 1.75. The fraction of sp³-hybridized carbons (Fsp3) is 0.0769. The van der Waals surface area contributed by atoms with Crippen LogP contribution in [-0.4, -0.2) is 17.0 Å². The first-order valence-electron chi connectivity index (χ1n) is 5.54. The van der Waals surface area contributed by atoms with Crippen LogP contribution < -0.4 is 10.9 Å². The van der Waals surface area contributed by atoms with Crippen molar-refractivity contribution in [3.05, 3.63) is 46.8 Å². The van der Waals surface area contributed by atoms with E-state index in [4.69, 9.17) is 0 Å². The number of pyridine rings is 1. The number of anilines is 1. The van der Waals surface area contributed by atoms with Crippen LogP contribution in [-0.2, 0) is 0 Å². The summed E-state index contributed by atoms with van der Waals surface area (Å²) < 4.78 is 0. The topological polar surface area (TPSA) is 57.8 Å². The van der Waals surface area contributed by atoms with E-state index in [1.807, 2.05) is 31.3 Å². The molecule has 0 saturated heterocycles. The number of nitrogens with one attached hydrogen (secondary N) is 2. The van der Waals surface area contributed by atoms with Crippen LogP contribution in [0.5, 0.6) is 0 Å². The molecule has 3 rings (SSSR count). The molecule has 2 heterocycles. The lowest BCUT2D eigenvalue weighted by Crippen LogP contribution is -2.00. The molecule has 90 valence electrons. The summed E-state index contributed by atoms with van der Waals surface area (Å²) in [6.45, 7) is 0. The van der Waals surface area contributed by atoms with Crippen molar-refractivity contribution >= 4 is 27.4 Å².